The van der Waals surface area contributed by atoms with Crippen LogP contribution in [0.25, 0.3) is 0 Å². The van der Waals surface area contributed by atoms with Gasteiger partial charge in [-0.25, -0.2) is 0 Å². The number of carbonyl (C=O) groups excluding carboxylic acids is 1. The zero-order chi connectivity index (χ0) is 22.8. The standard InChI is InChI=1S/C27H30N4O/c1-17-7-10-22(13-24(17)26(30)18(2)25(29)21-5-3-4-6-21)27(32)31-15-23(16-31)20-11-8-19(14-28)9-12-20/h7-13,21,23,30H,3-6,15-16,29H2,1-2H3. The summed E-state index contributed by atoms with van der Waals surface area (Å²) in [6, 6.07) is 15.3. The number of hydrogen-bond donors (Lipinski definition) is 2. The summed E-state index contributed by atoms with van der Waals surface area (Å²) >= 11 is 0. The Balaban J connectivity index is 1.47. The molecule has 0 atom stereocenters. The van der Waals surface area contributed by atoms with Gasteiger partial charge in [-0.15, -0.1) is 0 Å². The van der Waals surface area contributed by atoms with E-state index >= 15 is 0 Å². The molecule has 32 heavy (non-hydrogen) atoms. The number of nitrogens with two attached hydrogens (primary N) is 1. The quantitative estimate of drug-likeness (QED) is 0.666. The van der Waals surface area contributed by atoms with Crippen LogP contribution < -0.4 is 5.73 Å². The number of carbonyl (C=O) groups is 1. The first kappa shape index (κ1) is 21.8. The lowest BCUT2D eigenvalue weighted by molar-refractivity contribution is 0.0602. The maximum absolute atomic E-state index is 13.1. The number of rotatable bonds is 5. The fraction of sp³-hybridized carbons (Fsp3) is 0.370. The number of hydrogen-bond acceptors (Lipinski definition) is 4. The summed E-state index contributed by atoms with van der Waals surface area (Å²) in [5.41, 5.74) is 12.7. The molecule has 2 aromatic rings. The summed E-state index contributed by atoms with van der Waals surface area (Å²) in [7, 11) is 0. The fourth-order valence-electron chi connectivity index (χ4n) is 4.78. The summed E-state index contributed by atoms with van der Waals surface area (Å²) < 4.78 is 0. The highest BCUT2D eigenvalue weighted by Gasteiger charge is 2.32. The van der Waals surface area contributed by atoms with E-state index in [1.807, 2.05) is 61.2 Å². The molecular weight excluding hydrogens is 396 g/mol. The topological polar surface area (TPSA) is 94.0 Å². The van der Waals surface area contributed by atoms with E-state index in [-0.39, 0.29) is 5.91 Å². The van der Waals surface area contributed by atoms with Crippen LogP contribution in [-0.2, 0) is 0 Å². The van der Waals surface area contributed by atoms with Gasteiger partial charge in [0.2, 0.25) is 0 Å². The third kappa shape index (κ3) is 4.18. The van der Waals surface area contributed by atoms with Crippen molar-refractivity contribution in [2.24, 2.45) is 11.7 Å². The molecule has 0 unspecified atom stereocenters. The van der Waals surface area contributed by atoms with Crippen LogP contribution in [0.15, 0.2) is 53.7 Å². The number of aryl methyl sites for hydroxylation is 1. The van der Waals surface area contributed by atoms with Crippen LogP contribution in [0.2, 0.25) is 0 Å². The van der Waals surface area contributed by atoms with Gasteiger partial charge in [-0.2, -0.15) is 5.26 Å². The van der Waals surface area contributed by atoms with Gasteiger partial charge < -0.3 is 10.6 Å². The van der Waals surface area contributed by atoms with Crippen molar-refractivity contribution in [3.8, 4) is 6.07 Å². The van der Waals surface area contributed by atoms with E-state index < -0.39 is 0 Å². The first-order valence-electron chi connectivity index (χ1n) is 11.3. The predicted octanol–water partition coefficient (Wildman–Crippen LogP) is 4.90. The number of likely N-dealkylation sites (tertiary alicyclic amines) is 1. The first-order chi connectivity index (χ1) is 15.4. The number of nitrogens with one attached hydrogen (secondary N) is 1. The van der Waals surface area contributed by atoms with Crippen molar-refractivity contribution >= 4 is 11.6 Å². The van der Waals surface area contributed by atoms with Gasteiger partial charge in [0.1, 0.15) is 0 Å². The molecule has 2 fully saturated rings. The number of nitrogens with zero attached hydrogens (tertiary/aromatic N) is 2. The molecule has 0 aromatic heterocycles. The van der Waals surface area contributed by atoms with Gasteiger partial charge in [0, 0.05) is 35.8 Å². The minimum absolute atomic E-state index is 0.00524. The lowest BCUT2D eigenvalue weighted by atomic mass is 9.89. The molecule has 5 nitrogen and oxygen atoms in total. The smallest absolute Gasteiger partial charge is 0.253 e. The lowest BCUT2D eigenvalue weighted by Gasteiger charge is -2.39. The third-order valence-electron chi connectivity index (χ3n) is 7.04. The molecule has 164 valence electrons. The molecule has 1 aliphatic heterocycles. The second kappa shape index (κ2) is 9.00. The van der Waals surface area contributed by atoms with Crippen molar-refractivity contribution < 1.29 is 4.79 Å². The monoisotopic (exact) mass is 426 g/mol. The molecule has 4 rings (SSSR count). The molecule has 1 aliphatic carbocycles. The van der Waals surface area contributed by atoms with Crippen LogP contribution in [-0.4, -0.2) is 29.6 Å². The van der Waals surface area contributed by atoms with Gasteiger partial charge in [0.05, 0.1) is 17.3 Å². The van der Waals surface area contributed by atoms with E-state index in [1.165, 1.54) is 12.8 Å². The molecule has 0 spiro atoms. The SMILES string of the molecule is CC(C(=N)c1cc(C(=O)N2CC(c3ccc(C#N)cc3)C2)ccc1C)=C(N)C1CCCC1. The Morgan fingerprint density at radius 3 is 2.41 bits per heavy atom. The molecule has 2 aliphatic rings. The van der Waals surface area contributed by atoms with Crippen LogP contribution in [0, 0.1) is 29.6 Å². The summed E-state index contributed by atoms with van der Waals surface area (Å²) in [4.78, 5) is 14.9. The maximum Gasteiger partial charge on any atom is 0.253 e. The Labute approximate surface area is 190 Å². The normalized spacial score (nSPS) is 17.5. The van der Waals surface area contributed by atoms with Crippen LogP contribution in [0.5, 0.6) is 0 Å². The average molecular weight is 427 g/mol. The Bertz CT molecular complexity index is 1110. The molecule has 1 amide bonds. The molecular formula is C27H30N4O. The predicted molar refractivity (Wildman–Crippen MR) is 127 cm³/mol. The Morgan fingerprint density at radius 1 is 1.12 bits per heavy atom. The van der Waals surface area contributed by atoms with E-state index in [9.17, 15) is 4.79 Å². The summed E-state index contributed by atoms with van der Waals surface area (Å²) in [5, 5.41) is 17.7. The van der Waals surface area contributed by atoms with E-state index in [0.29, 0.717) is 41.8 Å². The van der Waals surface area contributed by atoms with E-state index in [2.05, 4.69) is 6.07 Å². The maximum atomic E-state index is 13.1. The first-order valence-corrected chi connectivity index (χ1v) is 11.3. The van der Waals surface area contributed by atoms with Gasteiger partial charge >= 0.3 is 0 Å². The number of amides is 1. The third-order valence-corrected chi connectivity index (χ3v) is 7.04. The van der Waals surface area contributed by atoms with Crippen LogP contribution in [0.1, 0.15) is 71.1 Å². The van der Waals surface area contributed by atoms with Gasteiger partial charge in [-0.1, -0.05) is 31.0 Å². The van der Waals surface area contributed by atoms with Crippen LogP contribution in [0.3, 0.4) is 0 Å². The minimum atomic E-state index is -0.00524. The van der Waals surface area contributed by atoms with Gasteiger partial charge in [0.15, 0.2) is 0 Å². The van der Waals surface area contributed by atoms with E-state index in [1.54, 1.807) is 0 Å². The molecule has 0 radical (unpaired) electrons. The largest absolute Gasteiger partial charge is 0.402 e. The molecule has 2 aromatic carbocycles. The van der Waals surface area contributed by atoms with E-state index in [4.69, 9.17) is 16.4 Å². The number of benzene rings is 2. The van der Waals surface area contributed by atoms with Crippen LogP contribution >= 0.6 is 0 Å². The molecule has 1 heterocycles. The average Bonchev–Trinajstić information content (AvgIpc) is 3.32. The summed E-state index contributed by atoms with van der Waals surface area (Å²) in [6.45, 7) is 5.24. The van der Waals surface area contributed by atoms with E-state index in [0.717, 1.165) is 40.8 Å². The van der Waals surface area contributed by atoms with Crippen LogP contribution in [0.4, 0.5) is 0 Å². The molecule has 1 saturated heterocycles. The van der Waals surface area contributed by atoms with Crippen molar-refractivity contribution in [1.29, 1.82) is 10.7 Å². The van der Waals surface area contributed by atoms with Crippen molar-refractivity contribution in [2.45, 2.75) is 45.4 Å². The second-order valence-electron chi connectivity index (χ2n) is 9.11. The van der Waals surface area contributed by atoms with Crippen molar-refractivity contribution in [2.75, 3.05) is 13.1 Å². The number of allylic oxidation sites excluding steroid dienone is 2. The van der Waals surface area contributed by atoms with Crippen molar-refractivity contribution in [3.63, 3.8) is 0 Å². The van der Waals surface area contributed by atoms with Gasteiger partial charge in [0.25, 0.3) is 5.91 Å². The zero-order valence-corrected chi connectivity index (χ0v) is 18.8. The van der Waals surface area contributed by atoms with Gasteiger partial charge in [-0.3, -0.25) is 10.2 Å². The second-order valence-corrected chi connectivity index (χ2v) is 9.11. The highest BCUT2D eigenvalue weighted by molar-refractivity contribution is 6.12. The molecule has 0 bridgehead atoms. The minimum Gasteiger partial charge on any atom is -0.402 e. The zero-order valence-electron chi connectivity index (χ0n) is 18.8. The molecule has 5 heteroatoms. The molecule has 1 saturated carbocycles. The highest BCUT2D eigenvalue weighted by Crippen LogP contribution is 2.32. The lowest BCUT2D eigenvalue weighted by Crippen LogP contribution is -2.48. The number of nitriles is 1. The Morgan fingerprint density at radius 2 is 1.78 bits per heavy atom. The van der Waals surface area contributed by atoms with Gasteiger partial charge in [-0.05, 0) is 73.6 Å². The Kier molecular flexibility index (Phi) is 6.14. The summed E-state index contributed by atoms with van der Waals surface area (Å²) in [6.07, 6.45) is 4.61. The van der Waals surface area contributed by atoms with Crippen molar-refractivity contribution in [3.05, 3.63) is 81.6 Å². The highest BCUT2D eigenvalue weighted by atomic mass is 16.2. The molecule has 3 N–H and O–H groups in total. The fourth-order valence-corrected chi connectivity index (χ4v) is 4.78. The van der Waals surface area contributed by atoms with Crippen molar-refractivity contribution in [1.82, 2.24) is 4.90 Å². The Hall–Kier alpha value is -3.39. The summed E-state index contributed by atoms with van der Waals surface area (Å²) in [5.74, 6) is 0.668.